The third-order valence-corrected chi connectivity index (χ3v) is 4.23. The number of benzene rings is 2. The minimum atomic E-state index is -0.187. The Balaban J connectivity index is 1.62. The predicted molar refractivity (Wildman–Crippen MR) is 97.0 cm³/mol. The maximum absolute atomic E-state index is 12.4. The molecule has 130 valence electrons. The molecule has 1 heterocycles. The molecule has 3 rings (SSSR count). The molecule has 1 atom stereocenters. The molecule has 1 aliphatic rings. The minimum Gasteiger partial charge on any atom is -0.494 e. The molecule has 0 aliphatic carbocycles. The highest BCUT2D eigenvalue weighted by Gasteiger charge is 2.31. The lowest BCUT2D eigenvalue weighted by Gasteiger charge is -2.17. The topological polar surface area (TPSA) is 58.6 Å². The molecular formula is C20H22N2O3. The lowest BCUT2D eigenvalue weighted by molar-refractivity contribution is -0.117. The molecule has 1 aliphatic heterocycles. The van der Waals surface area contributed by atoms with Crippen LogP contribution in [0.15, 0.2) is 48.5 Å². The number of carbonyl (C=O) groups excluding carboxylic acids is 2. The number of ether oxygens (including phenoxy) is 1. The monoisotopic (exact) mass is 338 g/mol. The number of rotatable bonds is 5. The molecule has 0 spiro atoms. The summed E-state index contributed by atoms with van der Waals surface area (Å²) >= 11 is 0. The summed E-state index contributed by atoms with van der Waals surface area (Å²) < 4.78 is 5.38. The van der Waals surface area contributed by atoms with Gasteiger partial charge in [0, 0.05) is 24.2 Å². The molecule has 0 unspecified atom stereocenters. The quantitative estimate of drug-likeness (QED) is 0.912. The average Bonchev–Trinajstić information content (AvgIpc) is 2.97. The van der Waals surface area contributed by atoms with Crippen molar-refractivity contribution in [3.63, 3.8) is 0 Å². The first-order valence-electron chi connectivity index (χ1n) is 8.47. The Morgan fingerprint density at radius 2 is 1.84 bits per heavy atom. The molecule has 0 radical (unpaired) electrons. The Morgan fingerprint density at radius 1 is 1.16 bits per heavy atom. The fourth-order valence-electron chi connectivity index (χ4n) is 2.92. The van der Waals surface area contributed by atoms with Gasteiger partial charge in [0.1, 0.15) is 5.75 Å². The number of amides is 2. The summed E-state index contributed by atoms with van der Waals surface area (Å²) in [7, 11) is 0. The maximum atomic E-state index is 12.4. The van der Waals surface area contributed by atoms with E-state index in [4.69, 9.17) is 4.74 Å². The van der Waals surface area contributed by atoms with Crippen LogP contribution in [-0.2, 0) is 4.79 Å². The summed E-state index contributed by atoms with van der Waals surface area (Å²) in [5.74, 6) is 0.591. The molecule has 2 amide bonds. The van der Waals surface area contributed by atoms with Crippen LogP contribution in [0.2, 0.25) is 0 Å². The second-order valence-electron chi connectivity index (χ2n) is 6.17. The Bertz CT molecular complexity index is 754. The number of anilines is 1. The molecule has 2 aromatic rings. The Morgan fingerprint density at radius 3 is 2.48 bits per heavy atom. The van der Waals surface area contributed by atoms with Crippen molar-refractivity contribution in [2.24, 2.45) is 0 Å². The number of nitrogens with zero attached hydrogens (tertiary/aromatic N) is 1. The van der Waals surface area contributed by atoms with Gasteiger partial charge in [-0.1, -0.05) is 17.7 Å². The number of hydrogen-bond donors (Lipinski definition) is 1. The van der Waals surface area contributed by atoms with Crippen LogP contribution in [0.4, 0.5) is 5.69 Å². The van der Waals surface area contributed by atoms with Crippen molar-refractivity contribution < 1.29 is 14.3 Å². The first kappa shape index (κ1) is 17.0. The zero-order chi connectivity index (χ0) is 17.8. The summed E-state index contributed by atoms with van der Waals surface area (Å²) in [6, 6.07) is 14.7. The first-order chi connectivity index (χ1) is 12.1. The molecule has 2 aromatic carbocycles. The van der Waals surface area contributed by atoms with Gasteiger partial charge in [0.15, 0.2) is 0 Å². The fraction of sp³-hybridized carbons (Fsp3) is 0.300. The van der Waals surface area contributed by atoms with Crippen LogP contribution in [0.1, 0.15) is 29.3 Å². The smallest absolute Gasteiger partial charge is 0.251 e. The largest absolute Gasteiger partial charge is 0.494 e. The van der Waals surface area contributed by atoms with E-state index in [2.05, 4.69) is 5.32 Å². The van der Waals surface area contributed by atoms with Gasteiger partial charge in [0.25, 0.3) is 5.91 Å². The van der Waals surface area contributed by atoms with Crippen LogP contribution in [0.5, 0.6) is 5.75 Å². The number of aryl methyl sites for hydroxylation is 1. The van der Waals surface area contributed by atoms with Crippen LogP contribution in [0.3, 0.4) is 0 Å². The van der Waals surface area contributed by atoms with E-state index < -0.39 is 0 Å². The van der Waals surface area contributed by atoms with Crippen molar-refractivity contribution in [1.82, 2.24) is 5.32 Å². The first-order valence-corrected chi connectivity index (χ1v) is 8.47. The highest BCUT2D eigenvalue weighted by Crippen LogP contribution is 2.22. The molecule has 1 saturated heterocycles. The molecule has 0 bridgehead atoms. The third kappa shape index (κ3) is 3.99. The second-order valence-corrected chi connectivity index (χ2v) is 6.17. The van der Waals surface area contributed by atoms with Crippen molar-refractivity contribution in [2.75, 3.05) is 18.1 Å². The summed E-state index contributed by atoms with van der Waals surface area (Å²) in [4.78, 5) is 26.4. The zero-order valence-corrected chi connectivity index (χ0v) is 14.5. The van der Waals surface area contributed by atoms with Gasteiger partial charge in [-0.05, 0) is 50.2 Å². The van der Waals surface area contributed by atoms with E-state index in [1.165, 1.54) is 0 Å². The normalized spacial score (nSPS) is 16.8. The Kier molecular flexibility index (Phi) is 5.03. The van der Waals surface area contributed by atoms with E-state index in [0.29, 0.717) is 25.1 Å². The summed E-state index contributed by atoms with van der Waals surface area (Å²) in [5, 5.41) is 2.95. The number of hydrogen-bond acceptors (Lipinski definition) is 3. The zero-order valence-electron chi connectivity index (χ0n) is 14.5. The van der Waals surface area contributed by atoms with E-state index in [1.807, 2.05) is 38.1 Å². The van der Waals surface area contributed by atoms with Gasteiger partial charge in [-0.15, -0.1) is 0 Å². The lowest BCUT2D eigenvalue weighted by Crippen LogP contribution is -2.37. The number of nitrogens with one attached hydrogen (secondary N) is 1. The molecule has 0 saturated carbocycles. The third-order valence-electron chi connectivity index (χ3n) is 4.23. The van der Waals surface area contributed by atoms with E-state index >= 15 is 0 Å². The predicted octanol–water partition coefficient (Wildman–Crippen LogP) is 2.93. The molecule has 5 heteroatoms. The van der Waals surface area contributed by atoms with Crippen LogP contribution < -0.4 is 15.0 Å². The molecule has 1 fully saturated rings. The minimum absolute atomic E-state index is 0.0286. The van der Waals surface area contributed by atoms with Crippen molar-refractivity contribution in [2.45, 2.75) is 26.3 Å². The van der Waals surface area contributed by atoms with Crippen LogP contribution in [0, 0.1) is 6.92 Å². The Labute approximate surface area is 147 Å². The highest BCUT2D eigenvalue weighted by atomic mass is 16.5. The van der Waals surface area contributed by atoms with Crippen molar-refractivity contribution in [3.8, 4) is 5.75 Å². The summed E-state index contributed by atoms with van der Waals surface area (Å²) in [6.45, 7) is 5.00. The van der Waals surface area contributed by atoms with E-state index in [-0.39, 0.29) is 17.9 Å². The average molecular weight is 338 g/mol. The Hall–Kier alpha value is -2.82. The standard InChI is InChI=1S/C20H22N2O3/c1-3-25-18-10-6-15(7-11-18)20(24)21-16-12-19(23)22(13-16)17-8-4-14(2)5-9-17/h4-11,16H,3,12-13H2,1-2H3,(H,21,24)/t16-/m0/s1. The van der Waals surface area contributed by atoms with Crippen molar-refractivity contribution in [1.29, 1.82) is 0 Å². The molecule has 1 N–H and O–H groups in total. The van der Waals surface area contributed by atoms with Gasteiger partial charge in [-0.3, -0.25) is 9.59 Å². The van der Waals surface area contributed by atoms with Gasteiger partial charge < -0.3 is 15.0 Å². The van der Waals surface area contributed by atoms with Crippen LogP contribution >= 0.6 is 0 Å². The van der Waals surface area contributed by atoms with Crippen LogP contribution in [0.25, 0.3) is 0 Å². The lowest BCUT2D eigenvalue weighted by atomic mass is 10.2. The van der Waals surface area contributed by atoms with Gasteiger partial charge in [0.2, 0.25) is 5.91 Å². The van der Waals surface area contributed by atoms with Crippen molar-refractivity contribution >= 4 is 17.5 Å². The van der Waals surface area contributed by atoms with E-state index in [9.17, 15) is 9.59 Å². The number of carbonyl (C=O) groups is 2. The van der Waals surface area contributed by atoms with Gasteiger partial charge in [-0.25, -0.2) is 0 Å². The van der Waals surface area contributed by atoms with Gasteiger partial charge >= 0.3 is 0 Å². The summed E-state index contributed by atoms with van der Waals surface area (Å²) in [5.41, 5.74) is 2.58. The second kappa shape index (κ2) is 7.38. The van der Waals surface area contributed by atoms with E-state index in [0.717, 1.165) is 17.0 Å². The molecule has 25 heavy (non-hydrogen) atoms. The van der Waals surface area contributed by atoms with Gasteiger partial charge in [-0.2, -0.15) is 0 Å². The SMILES string of the molecule is CCOc1ccc(C(=O)N[C@H]2CC(=O)N(c3ccc(C)cc3)C2)cc1. The molecule has 0 aromatic heterocycles. The molecular weight excluding hydrogens is 316 g/mol. The highest BCUT2D eigenvalue weighted by molar-refractivity contribution is 5.99. The van der Waals surface area contributed by atoms with Gasteiger partial charge in [0.05, 0.1) is 12.6 Å². The van der Waals surface area contributed by atoms with Crippen molar-refractivity contribution in [3.05, 3.63) is 59.7 Å². The fourth-order valence-corrected chi connectivity index (χ4v) is 2.92. The van der Waals surface area contributed by atoms with Crippen LogP contribution in [-0.4, -0.2) is 31.0 Å². The molecule has 5 nitrogen and oxygen atoms in total. The maximum Gasteiger partial charge on any atom is 0.251 e. The summed E-state index contributed by atoms with van der Waals surface area (Å²) in [6.07, 6.45) is 0.316. The van der Waals surface area contributed by atoms with E-state index in [1.54, 1.807) is 29.2 Å².